The van der Waals surface area contributed by atoms with Gasteiger partial charge in [0.15, 0.2) is 0 Å². The van der Waals surface area contributed by atoms with Crippen LogP contribution >= 0.6 is 11.6 Å². The fourth-order valence-corrected chi connectivity index (χ4v) is 3.71. The van der Waals surface area contributed by atoms with Crippen molar-refractivity contribution < 1.29 is 9.72 Å². The van der Waals surface area contributed by atoms with Crippen molar-refractivity contribution in [1.29, 1.82) is 0 Å². The average molecular weight is 397 g/mol. The summed E-state index contributed by atoms with van der Waals surface area (Å²) in [7, 11) is 0. The van der Waals surface area contributed by atoms with E-state index in [1.807, 2.05) is 12.1 Å². The predicted octanol–water partition coefficient (Wildman–Crippen LogP) is 4.37. The van der Waals surface area contributed by atoms with Crippen LogP contribution in [0, 0.1) is 10.1 Å². The molecule has 0 unspecified atom stereocenters. The van der Waals surface area contributed by atoms with Gasteiger partial charge < -0.3 is 4.98 Å². The molecule has 0 saturated carbocycles. The lowest BCUT2D eigenvalue weighted by Crippen LogP contribution is -2.17. The van der Waals surface area contributed by atoms with Gasteiger partial charge in [-0.15, -0.1) is 0 Å². The zero-order valence-electron chi connectivity index (χ0n) is 14.9. The molecule has 0 bridgehead atoms. The van der Waals surface area contributed by atoms with E-state index >= 15 is 0 Å². The number of aromatic nitrogens is 1. The van der Waals surface area contributed by atoms with E-state index in [1.54, 1.807) is 12.1 Å². The Labute approximate surface area is 165 Å². The van der Waals surface area contributed by atoms with Gasteiger partial charge in [-0.25, -0.2) is 5.43 Å². The second-order valence-corrected chi connectivity index (χ2v) is 7.12. The smallest absolute Gasteiger partial charge is 0.288 e. The molecule has 4 rings (SSSR count). The first-order valence-electron chi connectivity index (χ1n) is 8.94. The molecule has 0 spiro atoms. The van der Waals surface area contributed by atoms with Crippen LogP contribution in [0.15, 0.2) is 41.5 Å². The Morgan fingerprint density at radius 1 is 1.21 bits per heavy atom. The van der Waals surface area contributed by atoms with Gasteiger partial charge in [0.25, 0.3) is 11.6 Å². The number of hydrogen-bond donors (Lipinski definition) is 2. The van der Waals surface area contributed by atoms with Crippen molar-refractivity contribution >= 4 is 40.3 Å². The zero-order chi connectivity index (χ0) is 19.7. The number of nitro groups is 1. The number of rotatable bonds is 4. The van der Waals surface area contributed by atoms with E-state index in [0.717, 1.165) is 30.2 Å². The molecule has 142 valence electrons. The maximum Gasteiger partial charge on any atom is 0.288 e. The van der Waals surface area contributed by atoms with Gasteiger partial charge in [-0.2, -0.15) is 5.10 Å². The van der Waals surface area contributed by atoms with Crippen LogP contribution in [0.5, 0.6) is 0 Å². The molecule has 1 amide bonds. The highest BCUT2D eigenvalue weighted by Crippen LogP contribution is 2.29. The molecule has 1 aromatic heterocycles. The number of nitrogens with one attached hydrogen (secondary N) is 2. The SMILES string of the molecule is O=C(N/N=C\c1ccc(Cl)c([N+](=O)[O-])c1)c1ccc2[nH]c3c(c2c1)CCCC3. The quantitative estimate of drug-likeness (QED) is 0.389. The maximum atomic E-state index is 12.4. The Kier molecular flexibility index (Phi) is 4.83. The van der Waals surface area contributed by atoms with Gasteiger partial charge in [-0.05, 0) is 55.5 Å². The van der Waals surface area contributed by atoms with Crippen molar-refractivity contribution in [1.82, 2.24) is 10.4 Å². The number of carbonyl (C=O) groups is 1. The van der Waals surface area contributed by atoms with Crippen LogP contribution in [0.2, 0.25) is 5.02 Å². The predicted molar refractivity (Wildman–Crippen MR) is 108 cm³/mol. The highest BCUT2D eigenvalue weighted by atomic mass is 35.5. The molecule has 8 heteroatoms. The van der Waals surface area contributed by atoms with E-state index in [0.29, 0.717) is 11.1 Å². The van der Waals surface area contributed by atoms with E-state index in [2.05, 4.69) is 15.5 Å². The van der Waals surface area contributed by atoms with E-state index in [9.17, 15) is 14.9 Å². The number of aromatic amines is 1. The van der Waals surface area contributed by atoms with Crippen molar-refractivity contribution in [2.45, 2.75) is 25.7 Å². The number of nitro benzene ring substituents is 1. The first kappa shape index (κ1) is 18.2. The minimum Gasteiger partial charge on any atom is -0.358 e. The number of hydrogen-bond acceptors (Lipinski definition) is 4. The Balaban J connectivity index is 1.51. The second-order valence-electron chi connectivity index (χ2n) is 6.72. The summed E-state index contributed by atoms with van der Waals surface area (Å²) >= 11 is 5.79. The molecule has 0 saturated heterocycles. The third-order valence-corrected chi connectivity index (χ3v) is 5.23. The maximum absolute atomic E-state index is 12.4. The van der Waals surface area contributed by atoms with Crippen molar-refractivity contribution in [3.8, 4) is 0 Å². The summed E-state index contributed by atoms with van der Waals surface area (Å²) in [4.78, 5) is 26.2. The van der Waals surface area contributed by atoms with Crippen LogP contribution in [-0.4, -0.2) is 22.0 Å². The number of fused-ring (bicyclic) bond motifs is 3. The fourth-order valence-electron chi connectivity index (χ4n) is 3.53. The van der Waals surface area contributed by atoms with Gasteiger partial charge >= 0.3 is 0 Å². The number of nitrogens with zero attached hydrogens (tertiary/aromatic N) is 2. The van der Waals surface area contributed by atoms with Gasteiger partial charge in [0.2, 0.25) is 0 Å². The number of benzene rings is 2. The van der Waals surface area contributed by atoms with Crippen molar-refractivity contribution in [2.24, 2.45) is 5.10 Å². The topological polar surface area (TPSA) is 100 Å². The van der Waals surface area contributed by atoms with Gasteiger partial charge in [-0.3, -0.25) is 14.9 Å². The molecule has 28 heavy (non-hydrogen) atoms. The Hall–Kier alpha value is -3.19. The van der Waals surface area contributed by atoms with E-state index < -0.39 is 4.92 Å². The van der Waals surface area contributed by atoms with Gasteiger partial charge in [0.1, 0.15) is 5.02 Å². The Morgan fingerprint density at radius 2 is 2.04 bits per heavy atom. The number of carbonyl (C=O) groups excluding carboxylic acids is 1. The standard InChI is InChI=1S/C20H17ClN4O3/c21-16-7-5-12(9-19(16)25(27)28)11-22-24-20(26)13-6-8-18-15(10-13)14-3-1-2-4-17(14)23-18/h5-11,23H,1-4H2,(H,24,26)/b22-11-. The lowest BCUT2D eigenvalue weighted by Gasteiger charge is -2.10. The van der Waals surface area contributed by atoms with Crippen molar-refractivity contribution in [3.05, 3.63) is 73.9 Å². The van der Waals surface area contributed by atoms with E-state index in [1.165, 1.54) is 36.0 Å². The molecule has 0 atom stereocenters. The minimum absolute atomic E-state index is 0.0503. The summed E-state index contributed by atoms with van der Waals surface area (Å²) in [5.41, 5.74) is 6.84. The van der Waals surface area contributed by atoms with Crippen LogP contribution in [0.25, 0.3) is 10.9 Å². The molecule has 1 aliphatic rings. The number of halogens is 1. The normalized spacial score (nSPS) is 13.6. The first-order valence-corrected chi connectivity index (χ1v) is 9.31. The Bertz CT molecular complexity index is 1120. The second kappa shape index (κ2) is 7.44. The fraction of sp³-hybridized carbons (Fsp3) is 0.200. The highest BCUT2D eigenvalue weighted by molar-refractivity contribution is 6.32. The van der Waals surface area contributed by atoms with Crippen LogP contribution in [0.3, 0.4) is 0 Å². The molecule has 1 aliphatic carbocycles. The molecule has 0 fully saturated rings. The molecular formula is C20H17ClN4O3. The molecule has 3 aromatic rings. The van der Waals surface area contributed by atoms with Crippen LogP contribution < -0.4 is 5.43 Å². The number of H-pyrrole nitrogens is 1. The van der Waals surface area contributed by atoms with Gasteiger partial charge in [0.05, 0.1) is 11.1 Å². The number of aryl methyl sites for hydroxylation is 2. The zero-order valence-corrected chi connectivity index (χ0v) is 15.6. The summed E-state index contributed by atoms with van der Waals surface area (Å²) in [6, 6.07) is 9.86. The summed E-state index contributed by atoms with van der Waals surface area (Å²) in [6.07, 6.45) is 5.76. The van der Waals surface area contributed by atoms with Crippen molar-refractivity contribution in [3.63, 3.8) is 0 Å². The molecular weight excluding hydrogens is 380 g/mol. The number of amides is 1. The summed E-state index contributed by atoms with van der Waals surface area (Å²) < 4.78 is 0. The van der Waals surface area contributed by atoms with Gasteiger partial charge in [0, 0.05) is 33.8 Å². The molecule has 0 radical (unpaired) electrons. The third kappa shape index (κ3) is 3.48. The summed E-state index contributed by atoms with van der Waals surface area (Å²) in [6.45, 7) is 0. The monoisotopic (exact) mass is 396 g/mol. The van der Waals surface area contributed by atoms with Crippen LogP contribution in [0.4, 0.5) is 5.69 Å². The lowest BCUT2D eigenvalue weighted by atomic mass is 9.95. The Morgan fingerprint density at radius 3 is 2.86 bits per heavy atom. The third-order valence-electron chi connectivity index (χ3n) is 4.91. The molecule has 2 aromatic carbocycles. The van der Waals surface area contributed by atoms with Gasteiger partial charge in [-0.1, -0.05) is 17.7 Å². The number of hydrazone groups is 1. The first-order chi connectivity index (χ1) is 13.5. The largest absolute Gasteiger partial charge is 0.358 e. The molecule has 7 nitrogen and oxygen atoms in total. The van der Waals surface area contributed by atoms with Crippen LogP contribution in [0.1, 0.15) is 40.0 Å². The molecule has 0 aliphatic heterocycles. The highest BCUT2D eigenvalue weighted by Gasteiger charge is 2.17. The minimum atomic E-state index is -0.564. The lowest BCUT2D eigenvalue weighted by molar-refractivity contribution is -0.384. The molecule has 1 heterocycles. The van der Waals surface area contributed by atoms with E-state index in [4.69, 9.17) is 11.6 Å². The summed E-state index contributed by atoms with van der Waals surface area (Å²) in [5.74, 6) is -0.340. The molecule has 2 N–H and O–H groups in total. The van der Waals surface area contributed by atoms with E-state index in [-0.39, 0.29) is 16.6 Å². The van der Waals surface area contributed by atoms with Crippen molar-refractivity contribution in [2.75, 3.05) is 0 Å². The summed E-state index contributed by atoms with van der Waals surface area (Å²) in [5, 5.41) is 16.0. The van der Waals surface area contributed by atoms with Crippen LogP contribution in [-0.2, 0) is 12.8 Å². The average Bonchev–Trinajstić information content (AvgIpc) is 3.06.